The molecule has 1 heterocycles. The molecular formula is C15H24N2O3S. The molecule has 0 aliphatic carbocycles. The predicted molar refractivity (Wildman–Crippen MR) is 85.7 cm³/mol. The van der Waals surface area contributed by atoms with Crippen LogP contribution in [0.2, 0.25) is 0 Å². The van der Waals surface area contributed by atoms with Crippen LogP contribution in [0.1, 0.15) is 18.4 Å². The fourth-order valence-corrected chi connectivity index (χ4v) is 4.08. The molecule has 0 unspecified atom stereocenters. The number of nitrogens with one attached hydrogen (secondary N) is 1. The standard InChI is InChI=1S/C15H24N2O3S/c1-17(2)11-12-4-5-15(20-3)14(10-12)16-13-6-8-21(18,19)9-7-13/h4-5,10,13,16H,6-9,11H2,1-3H3. The van der Waals surface area contributed by atoms with Crippen molar-refractivity contribution in [1.82, 2.24) is 4.90 Å². The Balaban J connectivity index is 2.10. The first-order valence-electron chi connectivity index (χ1n) is 7.18. The SMILES string of the molecule is COc1ccc(CN(C)C)cc1NC1CCS(=O)(=O)CC1. The Kier molecular flexibility index (Phi) is 5.11. The lowest BCUT2D eigenvalue weighted by Crippen LogP contribution is -2.32. The van der Waals surface area contributed by atoms with Crippen LogP contribution < -0.4 is 10.1 Å². The minimum absolute atomic E-state index is 0.192. The molecule has 0 spiro atoms. The summed E-state index contributed by atoms with van der Waals surface area (Å²) in [7, 11) is 2.89. The number of ether oxygens (including phenoxy) is 1. The van der Waals surface area contributed by atoms with Gasteiger partial charge in [-0.1, -0.05) is 6.07 Å². The van der Waals surface area contributed by atoms with E-state index >= 15 is 0 Å². The molecule has 2 rings (SSSR count). The zero-order valence-corrected chi connectivity index (χ0v) is 13.7. The van der Waals surface area contributed by atoms with Gasteiger partial charge in [-0.15, -0.1) is 0 Å². The molecule has 1 N–H and O–H groups in total. The molecular weight excluding hydrogens is 288 g/mol. The van der Waals surface area contributed by atoms with Gasteiger partial charge in [-0.3, -0.25) is 0 Å². The van der Waals surface area contributed by atoms with Gasteiger partial charge in [-0.25, -0.2) is 8.42 Å². The Morgan fingerprint density at radius 1 is 1.29 bits per heavy atom. The van der Waals surface area contributed by atoms with Gasteiger partial charge >= 0.3 is 0 Å². The molecule has 21 heavy (non-hydrogen) atoms. The summed E-state index contributed by atoms with van der Waals surface area (Å²) in [5, 5.41) is 3.44. The average Bonchev–Trinajstić information content (AvgIpc) is 2.41. The van der Waals surface area contributed by atoms with Crippen molar-refractivity contribution in [2.45, 2.75) is 25.4 Å². The molecule has 0 atom stereocenters. The van der Waals surface area contributed by atoms with E-state index in [4.69, 9.17) is 4.74 Å². The Labute approximate surface area is 127 Å². The minimum Gasteiger partial charge on any atom is -0.495 e. The molecule has 1 aromatic rings. The summed E-state index contributed by atoms with van der Waals surface area (Å²) in [4.78, 5) is 2.11. The van der Waals surface area contributed by atoms with Gasteiger partial charge in [-0.2, -0.15) is 0 Å². The van der Waals surface area contributed by atoms with E-state index < -0.39 is 9.84 Å². The summed E-state index contributed by atoms with van der Waals surface area (Å²) < 4.78 is 28.4. The number of benzene rings is 1. The fourth-order valence-electron chi connectivity index (χ4n) is 2.59. The monoisotopic (exact) mass is 312 g/mol. The van der Waals surface area contributed by atoms with Crippen molar-refractivity contribution in [3.05, 3.63) is 23.8 Å². The molecule has 0 amide bonds. The Bertz CT molecular complexity index is 571. The maximum absolute atomic E-state index is 11.5. The zero-order valence-electron chi connectivity index (χ0n) is 12.9. The van der Waals surface area contributed by atoms with Crippen molar-refractivity contribution >= 4 is 15.5 Å². The largest absolute Gasteiger partial charge is 0.495 e. The summed E-state index contributed by atoms with van der Waals surface area (Å²) >= 11 is 0. The van der Waals surface area contributed by atoms with E-state index in [1.807, 2.05) is 20.2 Å². The van der Waals surface area contributed by atoms with Crippen molar-refractivity contribution in [2.75, 3.05) is 38.0 Å². The van der Waals surface area contributed by atoms with Crippen LogP contribution in [0.4, 0.5) is 5.69 Å². The summed E-state index contributed by atoms with van der Waals surface area (Å²) in [6.07, 6.45) is 1.31. The van der Waals surface area contributed by atoms with Crippen LogP contribution in [0.3, 0.4) is 0 Å². The van der Waals surface area contributed by atoms with Gasteiger partial charge in [0.05, 0.1) is 24.3 Å². The van der Waals surface area contributed by atoms with Gasteiger partial charge in [0.15, 0.2) is 0 Å². The van der Waals surface area contributed by atoms with Crippen molar-refractivity contribution in [1.29, 1.82) is 0 Å². The Hall–Kier alpha value is -1.27. The first kappa shape index (κ1) is 16.1. The normalized spacial score (nSPS) is 18.7. The second kappa shape index (κ2) is 6.66. The van der Waals surface area contributed by atoms with E-state index in [1.54, 1.807) is 7.11 Å². The molecule has 1 fully saturated rings. The molecule has 1 aliphatic heterocycles. The number of sulfone groups is 1. The first-order chi connectivity index (χ1) is 9.89. The first-order valence-corrected chi connectivity index (χ1v) is 9.00. The minimum atomic E-state index is -2.83. The topological polar surface area (TPSA) is 58.6 Å². The van der Waals surface area contributed by atoms with E-state index in [2.05, 4.69) is 22.3 Å². The summed E-state index contributed by atoms with van der Waals surface area (Å²) in [5.41, 5.74) is 2.15. The van der Waals surface area contributed by atoms with E-state index in [9.17, 15) is 8.42 Å². The molecule has 1 aliphatic rings. The third kappa shape index (κ3) is 4.61. The van der Waals surface area contributed by atoms with Gasteiger partial charge in [0.1, 0.15) is 15.6 Å². The quantitative estimate of drug-likeness (QED) is 0.897. The molecule has 1 saturated heterocycles. The Morgan fingerprint density at radius 3 is 2.52 bits per heavy atom. The second-order valence-corrected chi connectivity index (χ2v) is 8.15. The smallest absolute Gasteiger partial charge is 0.150 e. The van der Waals surface area contributed by atoms with Crippen LogP contribution in [-0.4, -0.2) is 52.1 Å². The maximum atomic E-state index is 11.5. The van der Waals surface area contributed by atoms with Crippen molar-refractivity contribution < 1.29 is 13.2 Å². The van der Waals surface area contributed by atoms with Crippen LogP contribution in [0.5, 0.6) is 5.75 Å². The van der Waals surface area contributed by atoms with Crippen molar-refractivity contribution in [3.63, 3.8) is 0 Å². The van der Waals surface area contributed by atoms with Gasteiger partial charge in [0.2, 0.25) is 0 Å². The van der Waals surface area contributed by atoms with Crippen molar-refractivity contribution in [3.8, 4) is 5.75 Å². The van der Waals surface area contributed by atoms with Crippen LogP contribution >= 0.6 is 0 Å². The highest BCUT2D eigenvalue weighted by molar-refractivity contribution is 7.91. The molecule has 5 nitrogen and oxygen atoms in total. The van der Waals surface area contributed by atoms with E-state index in [-0.39, 0.29) is 17.5 Å². The van der Waals surface area contributed by atoms with Crippen LogP contribution in [0, 0.1) is 0 Å². The lowest BCUT2D eigenvalue weighted by Gasteiger charge is -2.25. The molecule has 0 radical (unpaired) electrons. The highest BCUT2D eigenvalue weighted by atomic mass is 32.2. The highest BCUT2D eigenvalue weighted by Crippen LogP contribution is 2.28. The second-order valence-electron chi connectivity index (χ2n) is 5.84. The van der Waals surface area contributed by atoms with Crippen LogP contribution in [0.15, 0.2) is 18.2 Å². The zero-order chi connectivity index (χ0) is 15.5. The highest BCUT2D eigenvalue weighted by Gasteiger charge is 2.24. The molecule has 0 saturated carbocycles. The van der Waals surface area contributed by atoms with Gasteiger partial charge < -0.3 is 15.0 Å². The van der Waals surface area contributed by atoms with Gasteiger partial charge in [0, 0.05) is 12.6 Å². The van der Waals surface area contributed by atoms with E-state index in [0.29, 0.717) is 12.8 Å². The third-order valence-electron chi connectivity index (χ3n) is 3.68. The van der Waals surface area contributed by atoms with Gasteiger partial charge in [0.25, 0.3) is 0 Å². The maximum Gasteiger partial charge on any atom is 0.150 e. The molecule has 6 heteroatoms. The number of hydrogen-bond acceptors (Lipinski definition) is 5. The summed E-state index contributed by atoms with van der Waals surface area (Å²) in [6, 6.07) is 6.29. The molecule has 118 valence electrons. The number of rotatable bonds is 5. The summed E-state index contributed by atoms with van der Waals surface area (Å²) in [6.45, 7) is 0.859. The molecule has 0 aromatic heterocycles. The number of hydrogen-bond donors (Lipinski definition) is 1. The van der Waals surface area contributed by atoms with Crippen LogP contribution in [0.25, 0.3) is 0 Å². The summed E-state index contributed by atoms with van der Waals surface area (Å²) in [5.74, 6) is 1.33. The number of anilines is 1. The van der Waals surface area contributed by atoms with Crippen molar-refractivity contribution in [2.24, 2.45) is 0 Å². The Morgan fingerprint density at radius 2 is 1.95 bits per heavy atom. The average molecular weight is 312 g/mol. The van der Waals surface area contributed by atoms with E-state index in [0.717, 1.165) is 18.0 Å². The molecule has 1 aromatic carbocycles. The lowest BCUT2D eigenvalue weighted by molar-refractivity contribution is 0.400. The predicted octanol–water partition coefficient (Wildman–Crippen LogP) is 1.75. The van der Waals surface area contributed by atoms with Crippen LogP contribution in [-0.2, 0) is 16.4 Å². The molecule has 0 bridgehead atoms. The number of nitrogens with zero attached hydrogens (tertiary/aromatic N) is 1. The van der Waals surface area contributed by atoms with Gasteiger partial charge in [-0.05, 0) is 44.6 Å². The fraction of sp³-hybridized carbons (Fsp3) is 0.600. The lowest BCUT2D eigenvalue weighted by atomic mass is 10.1. The third-order valence-corrected chi connectivity index (χ3v) is 5.39. The number of methoxy groups -OCH3 is 1. The van der Waals surface area contributed by atoms with E-state index in [1.165, 1.54) is 5.56 Å².